The van der Waals surface area contributed by atoms with E-state index in [1.54, 1.807) is 23.5 Å². The molecule has 0 amide bonds. The summed E-state index contributed by atoms with van der Waals surface area (Å²) in [7, 11) is 0. The van der Waals surface area contributed by atoms with E-state index in [1.165, 1.54) is 10.5 Å². The van der Waals surface area contributed by atoms with E-state index in [0.717, 1.165) is 9.92 Å². The van der Waals surface area contributed by atoms with Crippen molar-refractivity contribution in [3.05, 3.63) is 59.1 Å². The highest BCUT2D eigenvalue weighted by molar-refractivity contribution is 8.00. The number of aryl methyl sites for hydroxylation is 1. The third kappa shape index (κ3) is 5.06. The Balaban J connectivity index is 1.78. The maximum atomic E-state index is 10.0. The topological polar surface area (TPSA) is 20.2 Å². The Kier molecular flexibility index (Phi) is 6.30. The molecule has 2 aromatic rings. The van der Waals surface area contributed by atoms with Crippen LogP contribution in [0.2, 0.25) is 5.02 Å². The highest BCUT2D eigenvalue weighted by atomic mass is 35.5. The molecule has 0 fully saturated rings. The van der Waals surface area contributed by atoms with Crippen LogP contribution >= 0.6 is 35.1 Å². The van der Waals surface area contributed by atoms with Crippen molar-refractivity contribution < 1.29 is 5.11 Å². The maximum absolute atomic E-state index is 10.0. The van der Waals surface area contributed by atoms with Crippen molar-refractivity contribution in [3.8, 4) is 0 Å². The molecule has 1 nitrogen and oxygen atoms in total. The summed E-state index contributed by atoms with van der Waals surface area (Å²) in [5, 5.41) is 10.8. The van der Waals surface area contributed by atoms with Crippen molar-refractivity contribution >= 4 is 35.1 Å². The lowest BCUT2D eigenvalue weighted by atomic mass is 10.2. The number of hydrogen-bond donors (Lipinski definition) is 1. The lowest BCUT2D eigenvalue weighted by Crippen LogP contribution is -2.12. The molecule has 20 heavy (non-hydrogen) atoms. The van der Waals surface area contributed by atoms with Crippen LogP contribution in [-0.2, 0) is 0 Å². The van der Waals surface area contributed by atoms with Crippen molar-refractivity contribution in [1.29, 1.82) is 0 Å². The SMILES string of the molecule is Cc1cccc(SCC(O)CSc2ccccc2Cl)c1. The van der Waals surface area contributed by atoms with E-state index in [9.17, 15) is 5.11 Å². The normalized spacial score (nSPS) is 12.3. The van der Waals surface area contributed by atoms with Gasteiger partial charge in [0, 0.05) is 21.3 Å². The quantitative estimate of drug-likeness (QED) is 0.764. The number of aliphatic hydroxyl groups is 1. The molecule has 1 atom stereocenters. The van der Waals surface area contributed by atoms with Crippen LogP contribution in [0.4, 0.5) is 0 Å². The van der Waals surface area contributed by atoms with Gasteiger partial charge in [-0.15, -0.1) is 23.5 Å². The summed E-state index contributed by atoms with van der Waals surface area (Å²) in [6.45, 7) is 2.08. The van der Waals surface area contributed by atoms with E-state index >= 15 is 0 Å². The Bertz CT molecular complexity index is 560. The molecule has 106 valence electrons. The van der Waals surface area contributed by atoms with Gasteiger partial charge in [-0.3, -0.25) is 0 Å². The molecule has 4 heteroatoms. The lowest BCUT2D eigenvalue weighted by molar-refractivity contribution is 0.225. The predicted octanol–water partition coefficient (Wildman–Crippen LogP) is 4.89. The van der Waals surface area contributed by atoms with Crippen LogP contribution in [0, 0.1) is 6.92 Å². The molecule has 0 heterocycles. The second-order valence-electron chi connectivity index (χ2n) is 4.52. The maximum Gasteiger partial charge on any atom is 0.0727 e. The summed E-state index contributed by atoms with van der Waals surface area (Å²) in [5.41, 5.74) is 1.25. The van der Waals surface area contributed by atoms with Gasteiger partial charge in [0.25, 0.3) is 0 Å². The molecule has 1 unspecified atom stereocenters. The highest BCUT2D eigenvalue weighted by Gasteiger charge is 2.08. The van der Waals surface area contributed by atoms with Gasteiger partial charge in [-0.05, 0) is 31.2 Å². The van der Waals surface area contributed by atoms with E-state index in [-0.39, 0.29) is 6.10 Å². The molecule has 2 aromatic carbocycles. The van der Waals surface area contributed by atoms with Gasteiger partial charge < -0.3 is 5.11 Å². The minimum absolute atomic E-state index is 0.346. The molecule has 0 aromatic heterocycles. The fourth-order valence-electron chi connectivity index (χ4n) is 1.69. The zero-order valence-corrected chi connectivity index (χ0v) is 13.6. The summed E-state index contributed by atoms with van der Waals surface area (Å²) in [5.74, 6) is 1.35. The monoisotopic (exact) mass is 324 g/mol. The highest BCUT2D eigenvalue weighted by Crippen LogP contribution is 2.28. The minimum Gasteiger partial charge on any atom is -0.391 e. The van der Waals surface area contributed by atoms with E-state index in [2.05, 4.69) is 25.1 Å². The van der Waals surface area contributed by atoms with Crippen LogP contribution in [0.5, 0.6) is 0 Å². The molecule has 0 saturated heterocycles. The summed E-state index contributed by atoms with van der Waals surface area (Å²) in [6.07, 6.45) is -0.346. The predicted molar refractivity (Wildman–Crippen MR) is 90.1 cm³/mol. The average Bonchev–Trinajstić information content (AvgIpc) is 2.44. The Labute approximate surface area is 133 Å². The molecule has 0 aliphatic carbocycles. The van der Waals surface area contributed by atoms with Crippen molar-refractivity contribution in [1.82, 2.24) is 0 Å². The van der Waals surface area contributed by atoms with E-state index in [1.807, 2.05) is 30.3 Å². The lowest BCUT2D eigenvalue weighted by Gasteiger charge is -2.11. The Morgan fingerprint density at radius 1 is 1.05 bits per heavy atom. The summed E-state index contributed by atoms with van der Waals surface area (Å²) in [6, 6.07) is 16.1. The van der Waals surface area contributed by atoms with Gasteiger partial charge in [-0.1, -0.05) is 41.4 Å². The van der Waals surface area contributed by atoms with E-state index in [0.29, 0.717) is 11.5 Å². The van der Waals surface area contributed by atoms with Gasteiger partial charge in [0.15, 0.2) is 0 Å². The third-order valence-corrected chi connectivity index (χ3v) is 5.50. The molecule has 0 aliphatic rings. The zero-order chi connectivity index (χ0) is 14.4. The Hall–Kier alpha value is -0.610. The number of thioether (sulfide) groups is 2. The minimum atomic E-state index is -0.346. The van der Waals surface area contributed by atoms with Gasteiger partial charge >= 0.3 is 0 Å². The molecular weight excluding hydrogens is 308 g/mol. The Morgan fingerprint density at radius 2 is 1.80 bits per heavy atom. The van der Waals surface area contributed by atoms with Crippen LogP contribution in [0.3, 0.4) is 0 Å². The van der Waals surface area contributed by atoms with Gasteiger partial charge in [-0.25, -0.2) is 0 Å². The molecule has 0 spiro atoms. The summed E-state index contributed by atoms with van der Waals surface area (Å²) >= 11 is 9.37. The van der Waals surface area contributed by atoms with Gasteiger partial charge in [-0.2, -0.15) is 0 Å². The summed E-state index contributed by atoms with van der Waals surface area (Å²) < 4.78 is 0. The fourth-order valence-corrected chi connectivity index (χ4v) is 3.96. The first-order valence-corrected chi connectivity index (χ1v) is 8.75. The molecule has 0 aliphatic heterocycles. The van der Waals surface area contributed by atoms with Gasteiger partial charge in [0.1, 0.15) is 0 Å². The van der Waals surface area contributed by atoms with Crippen molar-refractivity contribution in [2.75, 3.05) is 11.5 Å². The van der Waals surface area contributed by atoms with Crippen molar-refractivity contribution in [3.63, 3.8) is 0 Å². The molecule has 0 radical (unpaired) electrons. The fraction of sp³-hybridized carbons (Fsp3) is 0.250. The van der Waals surface area contributed by atoms with Crippen LogP contribution in [-0.4, -0.2) is 22.7 Å². The van der Waals surface area contributed by atoms with Crippen molar-refractivity contribution in [2.45, 2.75) is 22.8 Å². The molecule has 0 bridgehead atoms. The molecule has 1 N–H and O–H groups in total. The van der Waals surface area contributed by atoms with E-state index in [4.69, 9.17) is 11.6 Å². The smallest absolute Gasteiger partial charge is 0.0727 e. The van der Waals surface area contributed by atoms with Crippen molar-refractivity contribution in [2.24, 2.45) is 0 Å². The van der Waals surface area contributed by atoms with E-state index < -0.39 is 0 Å². The van der Waals surface area contributed by atoms with Crippen LogP contribution in [0.25, 0.3) is 0 Å². The third-order valence-electron chi connectivity index (χ3n) is 2.70. The molecule has 2 rings (SSSR count). The largest absolute Gasteiger partial charge is 0.391 e. The average molecular weight is 325 g/mol. The number of halogens is 1. The first-order chi connectivity index (χ1) is 9.65. The van der Waals surface area contributed by atoms with Crippen LogP contribution in [0.1, 0.15) is 5.56 Å². The van der Waals surface area contributed by atoms with Crippen LogP contribution in [0.15, 0.2) is 58.3 Å². The first-order valence-electron chi connectivity index (χ1n) is 6.40. The van der Waals surface area contributed by atoms with Gasteiger partial charge in [0.2, 0.25) is 0 Å². The number of rotatable bonds is 6. The first kappa shape index (κ1) is 15.8. The number of benzene rings is 2. The number of aliphatic hydroxyl groups excluding tert-OH is 1. The molecule has 0 saturated carbocycles. The second-order valence-corrected chi connectivity index (χ2v) is 7.09. The standard InChI is InChI=1S/C16H17ClOS2/c1-12-5-4-6-14(9-12)19-10-13(18)11-20-16-8-3-2-7-15(16)17/h2-9,13,18H,10-11H2,1H3. The zero-order valence-electron chi connectivity index (χ0n) is 11.3. The number of hydrogen-bond acceptors (Lipinski definition) is 3. The molecular formula is C16H17ClOS2. The van der Waals surface area contributed by atoms with Crippen LogP contribution < -0.4 is 0 Å². The second kappa shape index (κ2) is 7.99. The summed E-state index contributed by atoms with van der Waals surface area (Å²) in [4.78, 5) is 2.22. The Morgan fingerprint density at radius 3 is 2.55 bits per heavy atom. The van der Waals surface area contributed by atoms with Gasteiger partial charge in [0.05, 0.1) is 11.1 Å².